The molecule has 0 radical (unpaired) electrons. The second kappa shape index (κ2) is 12.5. The number of hydrogen-bond acceptors (Lipinski definition) is 3. The number of aldehydes is 2. The van der Waals surface area contributed by atoms with Crippen molar-refractivity contribution in [1.29, 1.82) is 0 Å². The fraction of sp³-hybridized carbons (Fsp3) is 0.588. The van der Waals surface area contributed by atoms with E-state index in [1.54, 1.807) is 18.2 Å². The molecule has 0 saturated carbocycles. The molecular weight excluding hydrogens is 252 g/mol. The number of carbonyl (C=O) groups excluding carboxylic acids is 3. The third-order valence-corrected chi connectivity index (χ3v) is 3.48. The molecule has 0 saturated heterocycles. The topological polar surface area (TPSA) is 51.2 Å². The molecule has 3 heteroatoms. The monoisotopic (exact) mass is 278 g/mol. The fourth-order valence-corrected chi connectivity index (χ4v) is 2.06. The first-order valence-electron chi connectivity index (χ1n) is 7.36. The van der Waals surface area contributed by atoms with E-state index in [2.05, 4.69) is 13.8 Å². The number of Topliss-reactive ketones (excluding diaryl/α,β-unsaturated/α-hetero) is 1. The predicted octanol–water partition coefficient (Wildman–Crippen LogP) is 3.68. The third kappa shape index (κ3) is 10.4. The fourth-order valence-electron chi connectivity index (χ4n) is 2.06. The normalized spacial score (nSPS) is 14.5. The standard InChI is InChI=1S/C17H26O3/c1-3-15(2)14-16(11-13-19)9-10-17(20)8-6-4-5-7-12-18/h4-7,12-13,15-16H,3,8-11,14H2,1-2H3/b6-4+,7-5+. The highest BCUT2D eigenvalue weighted by molar-refractivity contribution is 5.79. The second-order valence-corrected chi connectivity index (χ2v) is 5.25. The van der Waals surface area contributed by atoms with Crippen molar-refractivity contribution >= 4 is 18.4 Å². The lowest BCUT2D eigenvalue weighted by Gasteiger charge is -2.17. The van der Waals surface area contributed by atoms with Gasteiger partial charge in [-0.15, -0.1) is 0 Å². The van der Waals surface area contributed by atoms with Crippen LogP contribution < -0.4 is 0 Å². The van der Waals surface area contributed by atoms with Crippen molar-refractivity contribution in [2.24, 2.45) is 11.8 Å². The van der Waals surface area contributed by atoms with Crippen LogP contribution in [0.1, 0.15) is 52.4 Å². The van der Waals surface area contributed by atoms with Crippen molar-refractivity contribution in [3.8, 4) is 0 Å². The summed E-state index contributed by atoms with van der Waals surface area (Å²) in [6.45, 7) is 4.33. The third-order valence-electron chi connectivity index (χ3n) is 3.48. The summed E-state index contributed by atoms with van der Waals surface area (Å²) < 4.78 is 0. The molecule has 2 unspecified atom stereocenters. The molecule has 0 bridgehead atoms. The molecule has 0 aliphatic heterocycles. The predicted molar refractivity (Wildman–Crippen MR) is 81.4 cm³/mol. The Hall–Kier alpha value is -1.51. The van der Waals surface area contributed by atoms with Crippen molar-refractivity contribution in [3.05, 3.63) is 24.3 Å². The number of allylic oxidation sites excluding steroid dienone is 4. The van der Waals surface area contributed by atoms with Crippen molar-refractivity contribution in [2.45, 2.75) is 52.4 Å². The summed E-state index contributed by atoms with van der Waals surface area (Å²) in [5.74, 6) is 1.11. The highest BCUT2D eigenvalue weighted by atomic mass is 16.1. The van der Waals surface area contributed by atoms with Gasteiger partial charge in [-0.1, -0.05) is 38.5 Å². The van der Waals surface area contributed by atoms with E-state index < -0.39 is 0 Å². The van der Waals surface area contributed by atoms with E-state index in [9.17, 15) is 14.4 Å². The molecule has 0 spiro atoms. The van der Waals surface area contributed by atoms with E-state index in [-0.39, 0.29) is 5.78 Å². The van der Waals surface area contributed by atoms with Crippen LogP contribution in [-0.4, -0.2) is 18.4 Å². The van der Waals surface area contributed by atoms with Crippen molar-refractivity contribution in [1.82, 2.24) is 0 Å². The summed E-state index contributed by atoms with van der Waals surface area (Å²) in [4.78, 5) is 32.4. The molecule has 0 N–H and O–H groups in total. The Morgan fingerprint density at radius 3 is 2.50 bits per heavy atom. The van der Waals surface area contributed by atoms with Gasteiger partial charge in [0.05, 0.1) is 0 Å². The minimum atomic E-state index is 0.181. The SMILES string of the molecule is CCC(C)CC(CC=O)CCC(=O)C/C=C/C=C/C=O. The van der Waals surface area contributed by atoms with Crippen LogP contribution in [0.25, 0.3) is 0 Å². The lowest BCUT2D eigenvalue weighted by Crippen LogP contribution is -2.09. The van der Waals surface area contributed by atoms with Gasteiger partial charge in [0.1, 0.15) is 18.4 Å². The van der Waals surface area contributed by atoms with E-state index in [1.807, 2.05) is 0 Å². The van der Waals surface area contributed by atoms with Crippen LogP contribution in [0.5, 0.6) is 0 Å². The summed E-state index contributed by atoms with van der Waals surface area (Å²) >= 11 is 0. The first-order chi connectivity index (χ1) is 9.63. The van der Waals surface area contributed by atoms with Gasteiger partial charge in [0.15, 0.2) is 0 Å². The van der Waals surface area contributed by atoms with Gasteiger partial charge in [-0.2, -0.15) is 0 Å². The van der Waals surface area contributed by atoms with Gasteiger partial charge in [0, 0.05) is 19.3 Å². The van der Waals surface area contributed by atoms with Crippen LogP contribution in [0.4, 0.5) is 0 Å². The average molecular weight is 278 g/mol. The van der Waals surface area contributed by atoms with Crippen molar-refractivity contribution < 1.29 is 14.4 Å². The zero-order chi connectivity index (χ0) is 15.2. The first-order valence-corrected chi connectivity index (χ1v) is 7.36. The molecular formula is C17H26O3. The second-order valence-electron chi connectivity index (χ2n) is 5.25. The first kappa shape index (κ1) is 18.5. The average Bonchev–Trinajstić information content (AvgIpc) is 2.44. The number of hydrogen-bond donors (Lipinski definition) is 0. The quantitative estimate of drug-likeness (QED) is 0.311. The molecule has 0 heterocycles. The Bertz CT molecular complexity index is 342. The van der Waals surface area contributed by atoms with Gasteiger partial charge in [-0.3, -0.25) is 9.59 Å². The van der Waals surface area contributed by atoms with Crippen molar-refractivity contribution in [3.63, 3.8) is 0 Å². The van der Waals surface area contributed by atoms with Crippen LogP contribution in [-0.2, 0) is 14.4 Å². The summed E-state index contributed by atoms with van der Waals surface area (Å²) in [6, 6.07) is 0. The summed E-state index contributed by atoms with van der Waals surface area (Å²) in [5.41, 5.74) is 0. The molecule has 0 aromatic rings. The van der Waals surface area contributed by atoms with Gasteiger partial charge in [0.2, 0.25) is 0 Å². The Kier molecular flexibility index (Phi) is 11.6. The van der Waals surface area contributed by atoms with E-state index in [0.717, 1.165) is 25.5 Å². The lowest BCUT2D eigenvalue weighted by atomic mass is 9.88. The van der Waals surface area contributed by atoms with Gasteiger partial charge < -0.3 is 4.79 Å². The molecule has 0 amide bonds. The Morgan fingerprint density at radius 2 is 1.90 bits per heavy atom. The van der Waals surface area contributed by atoms with Crippen molar-refractivity contribution in [2.75, 3.05) is 0 Å². The van der Waals surface area contributed by atoms with Crippen LogP contribution in [0, 0.1) is 11.8 Å². The van der Waals surface area contributed by atoms with Crippen LogP contribution >= 0.6 is 0 Å². The Labute approximate surface area is 122 Å². The zero-order valence-corrected chi connectivity index (χ0v) is 12.6. The van der Waals surface area contributed by atoms with Gasteiger partial charge in [-0.05, 0) is 30.8 Å². The van der Waals surface area contributed by atoms with Crippen LogP contribution in [0.3, 0.4) is 0 Å². The summed E-state index contributed by atoms with van der Waals surface area (Å²) in [5, 5.41) is 0. The smallest absolute Gasteiger partial charge is 0.142 e. The number of carbonyl (C=O) groups is 3. The number of ketones is 1. The van der Waals surface area contributed by atoms with E-state index in [4.69, 9.17) is 0 Å². The van der Waals surface area contributed by atoms with Gasteiger partial charge in [0.25, 0.3) is 0 Å². The molecule has 3 nitrogen and oxygen atoms in total. The summed E-state index contributed by atoms with van der Waals surface area (Å²) in [7, 11) is 0. The maximum absolute atomic E-state index is 11.7. The molecule has 0 aromatic carbocycles. The molecule has 2 atom stereocenters. The van der Waals surface area contributed by atoms with Gasteiger partial charge in [-0.25, -0.2) is 0 Å². The molecule has 0 fully saturated rings. The zero-order valence-electron chi connectivity index (χ0n) is 12.6. The highest BCUT2D eigenvalue weighted by Gasteiger charge is 2.13. The molecule has 0 rings (SSSR count). The van der Waals surface area contributed by atoms with E-state index >= 15 is 0 Å². The largest absolute Gasteiger partial charge is 0.303 e. The van der Waals surface area contributed by atoms with Crippen LogP contribution in [0.15, 0.2) is 24.3 Å². The lowest BCUT2D eigenvalue weighted by molar-refractivity contribution is -0.119. The maximum atomic E-state index is 11.7. The van der Waals surface area contributed by atoms with Crippen LogP contribution in [0.2, 0.25) is 0 Å². The molecule has 112 valence electrons. The van der Waals surface area contributed by atoms with E-state index in [0.29, 0.717) is 37.4 Å². The molecule has 20 heavy (non-hydrogen) atoms. The highest BCUT2D eigenvalue weighted by Crippen LogP contribution is 2.22. The van der Waals surface area contributed by atoms with E-state index in [1.165, 1.54) is 6.08 Å². The summed E-state index contributed by atoms with van der Waals surface area (Å²) in [6.07, 6.45) is 12.5. The molecule has 0 aliphatic carbocycles. The maximum Gasteiger partial charge on any atom is 0.142 e. The molecule has 0 aliphatic rings. The Morgan fingerprint density at radius 1 is 1.15 bits per heavy atom. The molecule has 0 aromatic heterocycles. The number of rotatable bonds is 12. The minimum Gasteiger partial charge on any atom is -0.303 e. The Balaban J connectivity index is 4.03. The minimum absolute atomic E-state index is 0.181. The van der Waals surface area contributed by atoms with Gasteiger partial charge >= 0.3 is 0 Å².